The van der Waals surface area contributed by atoms with E-state index in [9.17, 15) is 9.18 Å². The number of halogens is 1. The number of carbonyl (C=O) groups excluding carboxylic acids is 1. The van der Waals surface area contributed by atoms with Crippen molar-refractivity contribution >= 4 is 5.91 Å². The molecular weight excluding hydrogens is 219 g/mol. The van der Waals surface area contributed by atoms with Crippen LogP contribution in [0.4, 0.5) is 4.39 Å². The number of nitrogens with one attached hydrogen (secondary N) is 1. The summed E-state index contributed by atoms with van der Waals surface area (Å²) in [5, 5.41) is 3.16. The normalized spacial score (nSPS) is 20.7. The molecule has 92 valence electrons. The number of nitrogens with zero attached hydrogens (tertiary/aromatic N) is 1. The van der Waals surface area contributed by atoms with Crippen molar-refractivity contribution in [3.05, 3.63) is 35.6 Å². The summed E-state index contributed by atoms with van der Waals surface area (Å²) in [6.07, 6.45) is 0.770. The van der Waals surface area contributed by atoms with Crippen molar-refractivity contribution in [1.82, 2.24) is 10.2 Å². The van der Waals surface area contributed by atoms with Crippen molar-refractivity contribution in [2.45, 2.75) is 25.9 Å². The zero-order valence-corrected chi connectivity index (χ0v) is 9.95. The van der Waals surface area contributed by atoms with E-state index in [-0.39, 0.29) is 17.8 Å². The first-order valence-corrected chi connectivity index (χ1v) is 5.98. The van der Waals surface area contributed by atoms with Gasteiger partial charge in [-0.15, -0.1) is 0 Å². The highest BCUT2D eigenvalue weighted by Crippen LogP contribution is 2.13. The van der Waals surface area contributed by atoms with E-state index in [1.165, 1.54) is 6.07 Å². The van der Waals surface area contributed by atoms with E-state index in [1.807, 2.05) is 6.92 Å². The van der Waals surface area contributed by atoms with Crippen LogP contribution in [0.25, 0.3) is 0 Å². The third-order valence-corrected chi connectivity index (χ3v) is 3.11. The Kier molecular flexibility index (Phi) is 3.74. The molecule has 1 atom stereocenters. The summed E-state index contributed by atoms with van der Waals surface area (Å²) in [6.45, 7) is 3.76. The van der Waals surface area contributed by atoms with Crippen LogP contribution in [-0.2, 0) is 11.3 Å². The summed E-state index contributed by atoms with van der Waals surface area (Å²) in [5.41, 5.74) is 0.581. The largest absolute Gasteiger partial charge is 0.336 e. The summed E-state index contributed by atoms with van der Waals surface area (Å²) in [4.78, 5) is 13.7. The molecule has 1 unspecified atom stereocenters. The summed E-state index contributed by atoms with van der Waals surface area (Å²) in [5.74, 6) is -0.172. The van der Waals surface area contributed by atoms with Gasteiger partial charge in [0, 0.05) is 25.2 Å². The third-order valence-electron chi connectivity index (χ3n) is 3.11. The molecule has 1 aromatic rings. The number of carbonyl (C=O) groups is 1. The molecule has 1 N–H and O–H groups in total. The van der Waals surface area contributed by atoms with E-state index in [0.29, 0.717) is 18.7 Å². The standard InChI is InChI=1S/C13H17FN2O/c1-2-12-13(17)16(8-7-15-12)9-10-5-3-4-6-11(10)14/h3-6,12,15H,2,7-9H2,1H3. The maximum atomic E-state index is 13.5. The molecule has 0 aliphatic carbocycles. The van der Waals surface area contributed by atoms with Gasteiger partial charge in [0.2, 0.25) is 5.91 Å². The van der Waals surface area contributed by atoms with Gasteiger partial charge in [-0.2, -0.15) is 0 Å². The molecule has 1 amide bonds. The van der Waals surface area contributed by atoms with E-state index >= 15 is 0 Å². The number of amides is 1. The van der Waals surface area contributed by atoms with Crippen molar-refractivity contribution in [2.24, 2.45) is 0 Å². The highest BCUT2D eigenvalue weighted by Gasteiger charge is 2.27. The lowest BCUT2D eigenvalue weighted by molar-refractivity contribution is -0.136. The molecule has 0 radical (unpaired) electrons. The molecule has 1 aromatic carbocycles. The summed E-state index contributed by atoms with van der Waals surface area (Å²) >= 11 is 0. The maximum absolute atomic E-state index is 13.5. The average Bonchev–Trinajstić information content (AvgIpc) is 2.34. The molecule has 3 nitrogen and oxygen atoms in total. The Morgan fingerprint density at radius 2 is 2.24 bits per heavy atom. The number of hydrogen-bond acceptors (Lipinski definition) is 2. The van der Waals surface area contributed by atoms with Crippen LogP contribution in [0, 0.1) is 5.82 Å². The number of benzene rings is 1. The molecule has 17 heavy (non-hydrogen) atoms. The first-order chi connectivity index (χ1) is 8.22. The number of piperazine rings is 1. The molecule has 0 aromatic heterocycles. The van der Waals surface area contributed by atoms with Gasteiger partial charge >= 0.3 is 0 Å². The van der Waals surface area contributed by atoms with Gasteiger partial charge in [-0.3, -0.25) is 4.79 Å². The molecule has 1 saturated heterocycles. The quantitative estimate of drug-likeness (QED) is 0.863. The molecule has 0 bridgehead atoms. The molecular formula is C13H17FN2O. The molecule has 1 fully saturated rings. The molecule has 4 heteroatoms. The topological polar surface area (TPSA) is 32.3 Å². The maximum Gasteiger partial charge on any atom is 0.240 e. The zero-order chi connectivity index (χ0) is 12.3. The Morgan fingerprint density at radius 1 is 1.47 bits per heavy atom. The molecule has 0 saturated carbocycles. The van der Waals surface area contributed by atoms with Crippen LogP contribution in [0.1, 0.15) is 18.9 Å². The summed E-state index contributed by atoms with van der Waals surface area (Å²) in [6, 6.07) is 6.50. The predicted octanol–water partition coefficient (Wildman–Crippen LogP) is 1.54. The van der Waals surface area contributed by atoms with Gasteiger partial charge in [-0.25, -0.2) is 4.39 Å². The SMILES string of the molecule is CCC1NCCN(Cc2ccccc2F)C1=O. The Balaban J connectivity index is 2.08. The van der Waals surface area contributed by atoms with Gasteiger partial charge in [0.05, 0.1) is 6.04 Å². The van der Waals surface area contributed by atoms with E-state index in [1.54, 1.807) is 23.1 Å². The number of rotatable bonds is 3. The van der Waals surface area contributed by atoms with Crippen LogP contribution in [-0.4, -0.2) is 29.9 Å². The smallest absolute Gasteiger partial charge is 0.240 e. The van der Waals surface area contributed by atoms with Crippen LogP contribution in [0.2, 0.25) is 0 Å². The van der Waals surface area contributed by atoms with Gasteiger partial charge in [0.25, 0.3) is 0 Å². The minimum atomic E-state index is -0.244. The average molecular weight is 236 g/mol. The molecule has 1 aliphatic rings. The van der Waals surface area contributed by atoms with Crippen LogP contribution in [0.3, 0.4) is 0 Å². The fraction of sp³-hybridized carbons (Fsp3) is 0.462. The van der Waals surface area contributed by atoms with Crippen molar-refractivity contribution in [2.75, 3.05) is 13.1 Å². The summed E-state index contributed by atoms with van der Waals surface area (Å²) < 4.78 is 13.5. The van der Waals surface area contributed by atoms with E-state index in [0.717, 1.165) is 13.0 Å². The molecule has 2 rings (SSSR count). The second kappa shape index (κ2) is 5.27. The fourth-order valence-corrected chi connectivity index (χ4v) is 2.10. The predicted molar refractivity (Wildman–Crippen MR) is 63.9 cm³/mol. The Morgan fingerprint density at radius 3 is 2.94 bits per heavy atom. The van der Waals surface area contributed by atoms with Gasteiger partial charge in [-0.05, 0) is 12.5 Å². The van der Waals surface area contributed by atoms with Gasteiger partial charge in [-0.1, -0.05) is 25.1 Å². The lowest BCUT2D eigenvalue weighted by Crippen LogP contribution is -2.54. The minimum Gasteiger partial charge on any atom is -0.336 e. The molecule has 0 spiro atoms. The van der Waals surface area contributed by atoms with Crippen molar-refractivity contribution in [3.8, 4) is 0 Å². The molecule has 1 heterocycles. The second-order valence-electron chi connectivity index (χ2n) is 4.27. The zero-order valence-electron chi connectivity index (χ0n) is 9.95. The lowest BCUT2D eigenvalue weighted by Gasteiger charge is -2.32. The summed E-state index contributed by atoms with van der Waals surface area (Å²) in [7, 11) is 0. The van der Waals surface area contributed by atoms with E-state index < -0.39 is 0 Å². The van der Waals surface area contributed by atoms with Gasteiger partial charge < -0.3 is 10.2 Å². The third kappa shape index (κ3) is 2.64. The van der Waals surface area contributed by atoms with E-state index in [4.69, 9.17) is 0 Å². The van der Waals surface area contributed by atoms with Gasteiger partial charge in [0.15, 0.2) is 0 Å². The van der Waals surface area contributed by atoms with Crippen LogP contribution < -0.4 is 5.32 Å². The first kappa shape index (κ1) is 12.0. The second-order valence-corrected chi connectivity index (χ2v) is 4.27. The van der Waals surface area contributed by atoms with Crippen LogP contribution in [0.15, 0.2) is 24.3 Å². The Hall–Kier alpha value is -1.42. The lowest BCUT2D eigenvalue weighted by atomic mass is 10.1. The highest BCUT2D eigenvalue weighted by molar-refractivity contribution is 5.82. The Labute approximate surface area is 101 Å². The van der Waals surface area contributed by atoms with E-state index in [2.05, 4.69) is 5.32 Å². The fourth-order valence-electron chi connectivity index (χ4n) is 2.10. The minimum absolute atomic E-state index is 0.0713. The van der Waals surface area contributed by atoms with Gasteiger partial charge in [0.1, 0.15) is 5.82 Å². The van der Waals surface area contributed by atoms with Crippen molar-refractivity contribution in [1.29, 1.82) is 0 Å². The van der Waals surface area contributed by atoms with Crippen molar-refractivity contribution in [3.63, 3.8) is 0 Å². The Bertz CT molecular complexity index is 408. The molecule has 1 aliphatic heterocycles. The van der Waals surface area contributed by atoms with Crippen LogP contribution in [0.5, 0.6) is 0 Å². The number of hydrogen-bond donors (Lipinski definition) is 1. The highest BCUT2D eigenvalue weighted by atomic mass is 19.1. The van der Waals surface area contributed by atoms with Crippen molar-refractivity contribution < 1.29 is 9.18 Å². The van der Waals surface area contributed by atoms with Crippen LogP contribution >= 0.6 is 0 Å². The first-order valence-electron chi connectivity index (χ1n) is 5.98. The monoisotopic (exact) mass is 236 g/mol.